The number of hydrogen-bond donors (Lipinski definition) is 1. The highest BCUT2D eigenvalue weighted by Gasteiger charge is 2.31. The van der Waals surface area contributed by atoms with E-state index < -0.39 is 0 Å². The Balaban J connectivity index is 1.52. The maximum absolute atomic E-state index is 12.2. The molecule has 2 heterocycles. The van der Waals surface area contributed by atoms with Crippen LogP contribution < -0.4 is 5.32 Å². The highest BCUT2D eigenvalue weighted by Crippen LogP contribution is 2.33. The Labute approximate surface area is 138 Å². The standard InChI is InChI=1S/C18H27N3O2/c1-13-3-5-14(6-4-13)11-17(22)19-12-15-8-10-23-18(15)16-7-9-20-21(16)2/h7,9,11,13,15,18H,3-6,8,10,12H2,1-2H3,(H,19,22)/t13?,15-,18+/m0/s1. The Kier molecular flexibility index (Phi) is 5.16. The summed E-state index contributed by atoms with van der Waals surface area (Å²) < 4.78 is 7.71. The molecule has 1 saturated carbocycles. The predicted octanol–water partition coefficient (Wildman–Crippen LogP) is 2.75. The van der Waals surface area contributed by atoms with Gasteiger partial charge in [-0.1, -0.05) is 12.5 Å². The SMILES string of the molecule is CC1CCC(=CC(=O)NC[C@@H]2CCO[C@H]2c2ccnn2C)CC1. The second kappa shape index (κ2) is 7.30. The van der Waals surface area contributed by atoms with Crippen LogP contribution in [-0.4, -0.2) is 28.8 Å². The molecule has 1 amide bonds. The average molecular weight is 317 g/mol. The number of hydrogen-bond acceptors (Lipinski definition) is 3. The largest absolute Gasteiger partial charge is 0.372 e. The maximum Gasteiger partial charge on any atom is 0.243 e. The van der Waals surface area contributed by atoms with Gasteiger partial charge in [-0.15, -0.1) is 0 Å². The molecule has 1 aromatic heterocycles. The third kappa shape index (κ3) is 4.02. The number of aryl methyl sites for hydroxylation is 1. The lowest BCUT2D eigenvalue weighted by Crippen LogP contribution is -2.30. The van der Waals surface area contributed by atoms with Crippen molar-refractivity contribution in [2.45, 2.75) is 45.1 Å². The normalized spacial score (nSPS) is 27.9. The number of aromatic nitrogens is 2. The zero-order valence-corrected chi connectivity index (χ0v) is 14.1. The fourth-order valence-electron chi connectivity index (χ4n) is 3.58. The van der Waals surface area contributed by atoms with E-state index in [1.165, 1.54) is 18.4 Å². The van der Waals surface area contributed by atoms with E-state index in [0.717, 1.165) is 37.5 Å². The first-order valence-corrected chi connectivity index (χ1v) is 8.70. The van der Waals surface area contributed by atoms with Gasteiger partial charge < -0.3 is 10.1 Å². The highest BCUT2D eigenvalue weighted by molar-refractivity contribution is 5.88. The van der Waals surface area contributed by atoms with Crippen LogP contribution in [0.15, 0.2) is 23.9 Å². The zero-order chi connectivity index (χ0) is 16.2. The molecular weight excluding hydrogens is 290 g/mol. The van der Waals surface area contributed by atoms with Crippen molar-refractivity contribution in [3.63, 3.8) is 0 Å². The van der Waals surface area contributed by atoms with Crippen molar-refractivity contribution in [1.82, 2.24) is 15.1 Å². The lowest BCUT2D eigenvalue weighted by atomic mass is 9.87. The van der Waals surface area contributed by atoms with Gasteiger partial charge in [0.25, 0.3) is 0 Å². The summed E-state index contributed by atoms with van der Waals surface area (Å²) in [4.78, 5) is 12.2. The Morgan fingerprint density at radius 1 is 1.43 bits per heavy atom. The van der Waals surface area contributed by atoms with Crippen LogP contribution in [0.5, 0.6) is 0 Å². The topological polar surface area (TPSA) is 56.1 Å². The van der Waals surface area contributed by atoms with E-state index in [1.54, 1.807) is 6.20 Å². The van der Waals surface area contributed by atoms with E-state index >= 15 is 0 Å². The van der Waals surface area contributed by atoms with Crippen molar-refractivity contribution in [3.8, 4) is 0 Å². The number of amides is 1. The first-order chi connectivity index (χ1) is 11.1. The first-order valence-electron chi connectivity index (χ1n) is 8.70. The summed E-state index contributed by atoms with van der Waals surface area (Å²) in [6, 6.07) is 2.00. The van der Waals surface area contributed by atoms with Crippen LogP contribution in [0.4, 0.5) is 0 Å². The summed E-state index contributed by atoms with van der Waals surface area (Å²) in [5, 5.41) is 7.28. The quantitative estimate of drug-likeness (QED) is 0.869. The minimum Gasteiger partial charge on any atom is -0.372 e. The minimum absolute atomic E-state index is 0.0333. The molecule has 3 rings (SSSR count). The van der Waals surface area contributed by atoms with Crippen LogP contribution in [0.3, 0.4) is 0 Å². The molecule has 1 aromatic rings. The van der Waals surface area contributed by atoms with Crippen molar-refractivity contribution in [2.75, 3.05) is 13.2 Å². The number of nitrogens with one attached hydrogen (secondary N) is 1. The Morgan fingerprint density at radius 2 is 2.22 bits per heavy atom. The van der Waals surface area contributed by atoms with Gasteiger partial charge in [-0.2, -0.15) is 5.10 Å². The molecule has 1 aliphatic heterocycles. The monoisotopic (exact) mass is 317 g/mol. The van der Waals surface area contributed by atoms with Crippen LogP contribution in [-0.2, 0) is 16.6 Å². The van der Waals surface area contributed by atoms with E-state index in [-0.39, 0.29) is 12.0 Å². The number of carbonyl (C=O) groups excluding carboxylic acids is 1. The molecule has 1 N–H and O–H groups in total. The molecule has 126 valence electrons. The van der Waals surface area contributed by atoms with Crippen molar-refractivity contribution >= 4 is 5.91 Å². The van der Waals surface area contributed by atoms with Crippen LogP contribution in [0.2, 0.25) is 0 Å². The minimum atomic E-state index is 0.0333. The molecule has 0 unspecified atom stereocenters. The number of carbonyl (C=O) groups is 1. The van der Waals surface area contributed by atoms with Crippen LogP contribution >= 0.6 is 0 Å². The van der Waals surface area contributed by atoms with E-state index in [4.69, 9.17) is 4.74 Å². The Morgan fingerprint density at radius 3 is 2.91 bits per heavy atom. The molecule has 1 aliphatic carbocycles. The fraction of sp³-hybridized carbons (Fsp3) is 0.667. The van der Waals surface area contributed by atoms with Crippen molar-refractivity contribution < 1.29 is 9.53 Å². The molecule has 0 radical (unpaired) electrons. The van der Waals surface area contributed by atoms with Gasteiger partial charge in [-0.25, -0.2) is 0 Å². The third-order valence-electron chi connectivity index (χ3n) is 5.15. The number of rotatable bonds is 4. The Hall–Kier alpha value is -1.62. The molecule has 0 spiro atoms. The van der Waals surface area contributed by atoms with Crippen molar-refractivity contribution in [2.24, 2.45) is 18.9 Å². The second-order valence-corrected chi connectivity index (χ2v) is 6.95. The van der Waals surface area contributed by atoms with Gasteiger partial charge in [0, 0.05) is 38.4 Å². The summed E-state index contributed by atoms with van der Waals surface area (Å²) in [6.45, 7) is 3.69. The molecule has 5 heteroatoms. The predicted molar refractivity (Wildman–Crippen MR) is 88.7 cm³/mol. The smallest absolute Gasteiger partial charge is 0.243 e. The number of nitrogens with zero attached hydrogens (tertiary/aromatic N) is 2. The van der Waals surface area contributed by atoms with Crippen molar-refractivity contribution in [3.05, 3.63) is 29.6 Å². The van der Waals surface area contributed by atoms with E-state index in [9.17, 15) is 4.79 Å². The van der Waals surface area contributed by atoms with E-state index in [0.29, 0.717) is 12.5 Å². The van der Waals surface area contributed by atoms with E-state index in [1.807, 2.05) is 23.9 Å². The second-order valence-electron chi connectivity index (χ2n) is 6.95. The lowest BCUT2D eigenvalue weighted by molar-refractivity contribution is -0.116. The first kappa shape index (κ1) is 16.2. The number of ether oxygens (including phenoxy) is 1. The van der Waals surface area contributed by atoms with Gasteiger partial charge in [-0.3, -0.25) is 9.48 Å². The zero-order valence-electron chi connectivity index (χ0n) is 14.1. The van der Waals surface area contributed by atoms with Gasteiger partial charge in [0.05, 0.1) is 5.69 Å². The molecular formula is C18H27N3O2. The Bertz CT molecular complexity index is 569. The van der Waals surface area contributed by atoms with Crippen LogP contribution in [0.1, 0.15) is 50.8 Å². The summed E-state index contributed by atoms with van der Waals surface area (Å²) in [7, 11) is 1.93. The van der Waals surface area contributed by atoms with Gasteiger partial charge in [0.1, 0.15) is 6.10 Å². The molecule has 0 aromatic carbocycles. The summed E-state index contributed by atoms with van der Waals surface area (Å²) >= 11 is 0. The summed E-state index contributed by atoms with van der Waals surface area (Å²) in [5.74, 6) is 1.16. The summed E-state index contributed by atoms with van der Waals surface area (Å²) in [5.41, 5.74) is 2.38. The third-order valence-corrected chi connectivity index (χ3v) is 5.15. The number of allylic oxidation sites excluding steroid dienone is 1. The van der Waals surface area contributed by atoms with Crippen LogP contribution in [0, 0.1) is 11.8 Å². The molecule has 1 saturated heterocycles. The maximum atomic E-state index is 12.2. The van der Waals surface area contributed by atoms with Gasteiger partial charge in [0.2, 0.25) is 5.91 Å². The molecule has 0 bridgehead atoms. The highest BCUT2D eigenvalue weighted by atomic mass is 16.5. The molecule has 2 atom stereocenters. The van der Waals surface area contributed by atoms with Gasteiger partial charge in [0.15, 0.2) is 0 Å². The van der Waals surface area contributed by atoms with Crippen LogP contribution in [0.25, 0.3) is 0 Å². The molecule has 5 nitrogen and oxygen atoms in total. The van der Waals surface area contributed by atoms with Gasteiger partial charge in [-0.05, 0) is 44.1 Å². The van der Waals surface area contributed by atoms with Crippen molar-refractivity contribution in [1.29, 1.82) is 0 Å². The lowest BCUT2D eigenvalue weighted by Gasteiger charge is -2.21. The van der Waals surface area contributed by atoms with E-state index in [2.05, 4.69) is 17.3 Å². The fourth-order valence-corrected chi connectivity index (χ4v) is 3.58. The van der Waals surface area contributed by atoms with Gasteiger partial charge >= 0.3 is 0 Å². The molecule has 2 aliphatic rings. The summed E-state index contributed by atoms with van der Waals surface area (Å²) in [6.07, 6.45) is 9.17. The molecule has 2 fully saturated rings. The average Bonchev–Trinajstić information content (AvgIpc) is 3.15. The molecule has 23 heavy (non-hydrogen) atoms.